The van der Waals surface area contributed by atoms with Gasteiger partial charge < -0.3 is 4.90 Å². The Morgan fingerprint density at radius 2 is 0.935 bits per heavy atom. The maximum Gasteiger partial charge on any atom is 0.0462 e. The molecule has 0 unspecified atom stereocenters. The molecule has 222 valence electrons. The summed E-state index contributed by atoms with van der Waals surface area (Å²) in [4.78, 5) is 2.36. The van der Waals surface area contributed by atoms with Gasteiger partial charge in [-0.3, -0.25) is 0 Å². The number of benzene rings is 7. The first-order chi connectivity index (χ1) is 22.8. The van der Waals surface area contributed by atoms with E-state index in [-0.39, 0.29) is 0 Å². The highest BCUT2D eigenvalue weighted by Gasteiger charge is 2.14. The Hall–Kier alpha value is -5.66. The molecule has 7 rings (SSSR count). The number of rotatable bonds is 10. The number of anilines is 3. The molecule has 7 aromatic carbocycles. The molecule has 0 spiro atoms. The minimum absolute atomic E-state index is 1.06. The molecule has 0 N–H and O–H groups in total. The van der Waals surface area contributed by atoms with E-state index in [1.165, 1.54) is 49.4 Å². The maximum absolute atomic E-state index is 3.77. The minimum Gasteiger partial charge on any atom is -0.311 e. The average Bonchev–Trinajstić information content (AvgIpc) is 3.12. The van der Waals surface area contributed by atoms with Crippen molar-refractivity contribution in [3.8, 4) is 22.3 Å². The smallest absolute Gasteiger partial charge is 0.0462 e. The average molecular weight is 592 g/mol. The van der Waals surface area contributed by atoms with E-state index >= 15 is 0 Å². The Labute approximate surface area is 272 Å². The summed E-state index contributed by atoms with van der Waals surface area (Å²) in [5.74, 6) is 0. The monoisotopic (exact) mass is 591 g/mol. The predicted molar refractivity (Wildman–Crippen MR) is 199 cm³/mol. The highest BCUT2D eigenvalue weighted by Crippen LogP contribution is 2.38. The van der Waals surface area contributed by atoms with Gasteiger partial charge in [-0.25, -0.2) is 0 Å². The normalized spacial score (nSPS) is 11.3. The van der Waals surface area contributed by atoms with Gasteiger partial charge in [0.15, 0.2) is 0 Å². The molecule has 7 aromatic rings. The molecule has 1 nitrogen and oxygen atoms in total. The Morgan fingerprint density at radius 3 is 1.43 bits per heavy atom. The first-order valence-corrected chi connectivity index (χ1v) is 16.1. The van der Waals surface area contributed by atoms with Crippen LogP contribution in [0.1, 0.15) is 18.4 Å². The Balaban J connectivity index is 1.23. The van der Waals surface area contributed by atoms with Gasteiger partial charge in [-0.05, 0) is 105 Å². The van der Waals surface area contributed by atoms with E-state index in [1.54, 1.807) is 0 Å². The third-order valence-corrected chi connectivity index (χ3v) is 8.76. The molecule has 0 amide bonds. The lowest BCUT2D eigenvalue weighted by molar-refractivity contribution is 0.843. The van der Waals surface area contributed by atoms with Crippen LogP contribution in [0.3, 0.4) is 0 Å². The molecule has 0 heterocycles. The third-order valence-electron chi connectivity index (χ3n) is 8.76. The SMILES string of the molecule is C=CC=CCCCc1ccc(N(c2ccc(-c3cccc4ccccc34)cc2)c2ccc(-c3cccc4ccccc34)cc2)cc1. The Bertz CT molecular complexity index is 1980. The number of hydrogen-bond donors (Lipinski definition) is 0. The van der Waals surface area contributed by atoms with E-state index in [2.05, 4.69) is 175 Å². The van der Waals surface area contributed by atoms with Crippen LogP contribution in [0, 0.1) is 0 Å². The fourth-order valence-corrected chi connectivity index (χ4v) is 6.41. The highest BCUT2D eigenvalue weighted by molar-refractivity contribution is 5.98. The second-order valence-corrected chi connectivity index (χ2v) is 11.7. The summed E-state index contributed by atoms with van der Waals surface area (Å²) >= 11 is 0. The number of aryl methyl sites for hydroxylation is 1. The van der Waals surface area contributed by atoms with Crippen molar-refractivity contribution in [1.82, 2.24) is 0 Å². The molecule has 0 saturated heterocycles. The van der Waals surface area contributed by atoms with E-state index in [1.807, 2.05) is 12.2 Å². The summed E-state index contributed by atoms with van der Waals surface area (Å²) < 4.78 is 0. The molecule has 46 heavy (non-hydrogen) atoms. The fraction of sp³-hybridized carbons (Fsp3) is 0.0667. The molecule has 0 aliphatic rings. The number of hydrogen-bond acceptors (Lipinski definition) is 1. The Kier molecular flexibility index (Phi) is 8.56. The quantitative estimate of drug-likeness (QED) is 0.113. The van der Waals surface area contributed by atoms with Gasteiger partial charge in [0.05, 0.1) is 0 Å². The second kappa shape index (κ2) is 13.5. The topological polar surface area (TPSA) is 3.24 Å². The van der Waals surface area contributed by atoms with Crippen molar-refractivity contribution >= 4 is 38.6 Å². The molecule has 0 aliphatic heterocycles. The number of unbranched alkanes of at least 4 members (excludes halogenated alkanes) is 1. The van der Waals surface area contributed by atoms with Crippen molar-refractivity contribution in [1.29, 1.82) is 0 Å². The van der Waals surface area contributed by atoms with Crippen LogP contribution in [0.25, 0.3) is 43.8 Å². The molecule has 0 saturated carbocycles. The van der Waals surface area contributed by atoms with Gasteiger partial charge >= 0.3 is 0 Å². The Morgan fingerprint density at radius 1 is 0.478 bits per heavy atom. The lowest BCUT2D eigenvalue weighted by Gasteiger charge is -2.26. The largest absolute Gasteiger partial charge is 0.311 e. The number of allylic oxidation sites excluding steroid dienone is 3. The van der Waals surface area contributed by atoms with Crippen LogP contribution >= 0.6 is 0 Å². The van der Waals surface area contributed by atoms with Crippen LogP contribution in [-0.4, -0.2) is 0 Å². The molecule has 0 aliphatic carbocycles. The van der Waals surface area contributed by atoms with Gasteiger partial charge in [0.25, 0.3) is 0 Å². The van der Waals surface area contributed by atoms with Gasteiger partial charge in [0.2, 0.25) is 0 Å². The van der Waals surface area contributed by atoms with E-state index in [9.17, 15) is 0 Å². The fourth-order valence-electron chi connectivity index (χ4n) is 6.41. The zero-order valence-electron chi connectivity index (χ0n) is 26.0. The van der Waals surface area contributed by atoms with E-state index in [0.29, 0.717) is 0 Å². The van der Waals surface area contributed by atoms with Crippen LogP contribution in [0.15, 0.2) is 183 Å². The molecule has 1 heteroatoms. The van der Waals surface area contributed by atoms with E-state index in [0.717, 1.165) is 36.3 Å². The van der Waals surface area contributed by atoms with Crippen LogP contribution in [0.4, 0.5) is 17.1 Å². The zero-order chi connectivity index (χ0) is 31.1. The van der Waals surface area contributed by atoms with Crippen molar-refractivity contribution in [3.05, 3.63) is 188 Å². The predicted octanol–water partition coefficient (Wildman–Crippen LogP) is 12.9. The van der Waals surface area contributed by atoms with Gasteiger partial charge in [-0.2, -0.15) is 0 Å². The summed E-state index contributed by atoms with van der Waals surface area (Å²) in [5.41, 5.74) is 9.69. The molecule has 0 atom stereocenters. The standard InChI is InChI=1S/C45H37N/c1-2-3-4-5-6-13-34-22-28-39(29-23-34)46(40-30-24-37(25-31-40)44-20-11-16-35-14-7-9-18-42(35)44)41-32-26-38(27-33-41)45-21-12-17-36-15-8-10-19-43(36)45/h2-4,7-12,14-33H,1,5-6,13H2. The summed E-state index contributed by atoms with van der Waals surface area (Å²) in [5, 5.41) is 5.06. The third kappa shape index (κ3) is 6.14. The van der Waals surface area contributed by atoms with E-state index in [4.69, 9.17) is 0 Å². The lowest BCUT2D eigenvalue weighted by Crippen LogP contribution is -2.10. The van der Waals surface area contributed by atoms with Crippen molar-refractivity contribution in [2.75, 3.05) is 4.90 Å². The van der Waals surface area contributed by atoms with Gasteiger partial charge in [-0.15, -0.1) is 0 Å². The van der Waals surface area contributed by atoms with Crippen LogP contribution in [0.5, 0.6) is 0 Å². The van der Waals surface area contributed by atoms with Gasteiger partial charge in [0.1, 0.15) is 0 Å². The summed E-state index contributed by atoms with van der Waals surface area (Å²) in [7, 11) is 0. The molecule has 0 radical (unpaired) electrons. The van der Waals surface area contributed by atoms with E-state index < -0.39 is 0 Å². The highest BCUT2D eigenvalue weighted by atomic mass is 15.1. The molecular formula is C45H37N. The second-order valence-electron chi connectivity index (χ2n) is 11.7. The van der Waals surface area contributed by atoms with Crippen LogP contribution in [0.2, 0.25) is 0 Å². The van der Waals surface area contributed by atoms with Crippen LogP contribution < -0.4 is 4.90 Å². The summed E-state index contributed by atoms with van der Waals surface area (Å²) in [6.07, 6.45) is 9.30. The molecular weight excluding hydrogens is 555 g/mol. The van der Waals surface area contributed by atoms with Crippen LogP contribution in [-0.2, 0) is 6.42 Å². The maximum atomic E-state index is 3.77. The number of nitrogens with zero attached hydrogens (tertiary/aromatic N) is 1. The molecule has 0 bridgehead atoms. The summed E-state index contributed by atoms with van der Waals surface area (Å²) in [6, 6.07) is 57.3. The van der Waals surface area contributed by atoms with Crippen molar-refractivity contribution in [2.45, 2.75) is 19.3 Å². The van der Waals surface area contributed by atoms with Gasteiger partial charge in [0, 0.05) is 17.1 Å². The summed E-state index contributed by atoms with van der Waals surface area (Å²) in [6.45, 7) is 3.77. The minimum atomic E-state index is 1.06. The first-order valence-electron chi connectivity index (χ1n) is 16.1. The first kappa shape index (κ1) is 29.1. The number of fused-ring (bicyclic) bond motifs is 2. The molecule has 0 fully saturated rings. The van der Waals surface area contributed by atoms with Crippen molar-refractivity contribution < 1.29 is 0 Å². The van der Waals surface area contributed by atoms with Crippen molar-refractivity contribution in [2.24, 2.45) is 0 Å². The van der Waals surface area contributed by atoms with Crippen molar-refractivity contribution in [3.63, 3.8) is 0 Å². The zero-order valence-corrected chi connectivity index (χ0v) is 26.0. The van der Waals surface area contributed by atoms with Gasteiger partial charge in [-0.1, -0.05) is 146 Å². The lowest BCUT2D eigenvalue weighted by atomic mass is 9.97. The molecule has 0 aromatic heterocycles.